The van der Waals surface area contributed by atoms with Crippen LogP contribution in [0.5, 0.6) is 0 Å². The number of nitriles is 1. The van der Waals surface area contributed by atoms with E-state index in [2.05, 4.69) is 5.32 Å². The van der Waals surface area contributed by atoms with Crippen molar-refractivity contribution < 1.29 is 17.6 Å². The maximum atomic E-state index is 13.3. The SMILES string of the molecule is CS(=O)(=O)N(CC(=O)Nc1cccc(C#N)c1)c1cccc(F)c1. The van der Waals surface area contributed by atoms with E-state index in [1.807, 2.05) is 6.07 Å². The van der Waals surface area contributed by atoms with E-state index in [9.17, 15) is 17.6 Å². The van der Waals surface area contributed by atoms with Crippen LogP contribution in [-0.4, -0.2) is 27.1 Å². The molecule has 0 saturated carbocycles. The lowest BCUT2D eigenvalue weighted by atomic mass is 10.2. The number of carbonyl (C=O) groups is 1. The standard InChI is InChI=1S/C16H14FN3O3S/c1-24(22,23)20(15-7-3-5-13(17)9-15)11-16(21)19-14-6-2-4-12(8-14)10-18/h2-9H,11H2,1H3,(H,19,21). The minimum absolute atomic E-state index is 0.0541. The number of sulfonamides is 1. The van der Waals surface area contributed by atoms with E-state index in [1.165, 1.54) is 24.3 Å². The predicted molar refractivity (Wildman–Crippen MR) is 88.4 cm³/mol. The van der Waals surface area contributed by atoms with Gasteiger partial charge in [-0.1, -0.05) is 12.1 Å². The van der Waals surface area contributed by atoms with Gasteiger partial charge in [-0.2, -0.15) is 5.26 Å². The fourth-order valence-electron chi connectivity index (χ4n) is 2.03. The minimum Gasteiger partial charge on any atom is -0.324 e. The largest absolute Gasteiger partial charge is 0.324 e. The number of hydrogen-bond donors (Lipinski definition) is 1. The predicted octanol–water partition coefficient (Wildman–Crippen LogP) is 2.10. The van der Waals surface area contributed by atoms with Crippen molar-refractivity contribution in [3.8, 4) is 6.07 Å². The number of amides is 1. The molecule has 0 fully saturated rings. The summed E-state index contributed by atoms with van der Waals surface area (Å²) in [4.78, 5) is 12.1. The Kier molecular flexibility index (Phi) is 5.16. The number of benzene rings is 2. The highest BCUT2D eigenvalue weighted by Crippen LogP contribution is 2.19. The number of nitrogens with zero attached hydrogens (tertiary/aromatic N) is 2. The molecule has 0 atom stereocenters. The van der Waals surface area contributed by atoms with Crippen molar-refractivity contribution in [3.63, 3.8) is 0 Å². The third kappa shape index (κ3) is 4.54. The molecule has 2 rings (SSSR count). The fourth-order valence-corrected chi connectivity index (χ4v) is 2.88. The molecule has 0 unspecified atom stereocenters. The Balaban J connectivity index is 2.21. The second kappa shape index (κ2) is 7.10. The third-order valence-corrected chi connectivity index (χ3v) is 4.20. The Morgan fingerprint density at radius 2 is 1.96 bits per heavy atom. The summed E-state index contributed by atoms with van der Waals surface area (Å²) < 4.78 is 38.0. The van der Waals surface area contributed by atoms with Crippen molar-refractivity contribution >= 4 is 27.3 Å². The van der Waals surface area contributed by atoms with E-state index in [-0.39, 0.29) is 5.69 Å². The summed E-state index contributed by atoms with van der Waals surface area (Å²) in [6.45, 7) is -0.515. The van der Waals surface area contributed by atoms with Crippen LogP contribution >= 0.6 is 0 Å². The summed E-state index contributed by atoms with van der Waals surface area (Å²) >= 11 is 0. The number of carbonyl (C=O) groups excluding carboxylic acids is 1. The third-order valence-electron chi connectivity index (χ3n) is 3.06. The van der Waals surface area contributed by atoms with Gasteiger partial charge >= 0.3 is 0 Å². The maximum Gasteiger partial charge on any atom is 0.245 e. The van der Waals surface area contributed by atoms with Crippen molar-refractivity contribution in [3.05, 3.63) is 59.9 Å². The van der Waals surface area contributed by atoms with Crippen molar-refractivity contribution in [2.24, 2.45) is 0 Å². The van der Waals surface area contributed by atoms with Crippen LogP contribution in [0.25, 0.3) is 0 Å². The molecule has 1 N–H and O–H groups in total. The second-order valence-electron chi connectivity index (χ2n) is 4.99. The molecule has 8 heteroatoms. The molecule has 0 bridgehead atoms. The first-order valence-corrected chi connectivity index (χ1v) is 8.68. The summed E-state index contributed by atoms with van der Waals surface area (Å²) in [5, 5.41) is 11.4. The van der Waals surface area contributed by atoms with Crippen LogP contribution < -0.4 is 9.62 Å². The number of halogens is 1. The molecule has 0 saturated heterocycles. The van der Waals surface area contributed by atoms with Gasteiger partial charge in [0.05, 0.1) is 23.6 Å². The average Bonchev–Trinajstić information content (AvgIpc) is 2.51. The van der Waals surface area contributed by atoms with Crippen LogP contribution in [0.2, 0.25) is 0 Å². The van der Waals surface area contributed by atoms with Crippen molar-refractivity contribution in [1.29, 1.82) is 5.26 Å². The summed E-state index contributed by atoms with van der Waals surface area (Å²) in [7, 11) is -3.78. The van der Waals surface area contributed by atoms with Crippen LogP contribution in [0, 0.1) is 17.1 Å². The van der Waals surface area contributed by atoms with Gasteiger partial charge in [-0.15, -0.1) is 0 Å². The van der Waals surface area contributed by atoms with Gasteiger partial charge in [-0.05, 0) is 36.4 Å². The molecule has 0 radical (unpaired) electrons. The van der Waals surface area contributed by atoms with Gasteiger partial charge in [0.15, 0.2) is 0 Å². The normalized spacial score (nSPS) is 10.7. The van der Waals surface area contributed by atoms with Gasteiger partial charge in [0.1, 0.15) is 12.4 Å². The van der Waals surface area contributed by atoms with Gasteiger partial charge in [0.2, 0.25) is 15.9 Å². The molecule has 0 heterocycles. The molecule has 0 aliphatic carbocycles. The molecule has 6 nitrogen and oxygen atoms in total. The van der Waals surface area contributed by atoms with Crippen molar-refractivity contribution in [2.75, 3.05) is 22.4 Å². The zero-order valence-electron chi connectivity index (χ0n) is 12.7. The van der Waals surface area contributed by atoms with Crippen molar-refractivity contribution in [1.82, 2.24) is 0 Å². The van der Waals surface area contributed by atoms with Gasteiger partial charge in [-0.3, -0.25) is 9.10 Å². The lowest BCUT2D eigenvalue weighted by Crippen LogP contribution is -2.37. The molecule has 0 aromatic heterocycles. The second-order valence-corrected chi connectivity index (χ2v) is 6.90. The quantitative estimate of drug-likeness (QED) is 0.897. The molecular formula is C16H14FN3O3S. The minimum atomic E-state index is -3.78. The smallest absolute Gasteiger partial charge is 0.245 e. The molecule has 124 valence electrons. The zero-order valence-corrected chi connectivity index (χ0v) is 13.5. The molecule has 0 spiro atoms. The van der Waals surface area contributed by atoms with Gasteiger partial charge in [-0.25, -0.2) is 12.8 Å². The highest BCUT2D eigenvalue weighted by molar-refractivity contribution is 7.92. The number of hydrogen-bond acceptors (Lipinski definition) is 4. The summed E-state index contributed by atoms with van der Waals surface area (Å²) in [6, 6.07) is 13.1. The van der Waals surface area contributed by atoms with E-state index in [4.69, 9.17) is 5.26 Å². The Hall–Kier alpha value is -2.92. The van der Waals surface area contributed by atoms with Crippen LogP contribution in [0.15, 0.2) is 48.5 Å². The summed E-state index contributed by atoms with van der Waals surface area (Å²) in [5.41, 5.74) is 0.781. The van der Waals surface area contributed by atoms with Crippen LogP contribution in [-0.2, 0) is 14.8 Å². The first kappa shape index (κ1) is 17.4. The lowest BCUT2D eigenvalue weighted by Gasteiger charge is -2.21. The highest BCUT2D eigenvalue weighted by Gasteiger charge is 2.21. The highest BCUT2D eigenvalue weighted by atomic mass is 32.2. The van der Waals surface area contributed by atoms with E-state index in [1.54, 1.807) is 18.2 Å². The molecule has 1 amide bonds. The summed E-state index contributed by atoms with van der Waals surface area (Å²) in [6.07, 6.45) is 0.932. The number of anilines is 2. The summed E-state index contributed by atoms with van der Waals surface area (Å²) in [5.74, 6) is -1.22. The van der Waals surface area contributed by atoms with Crippen LogP contribution in [0.4, 0.5) is 15.8 Å². The molecule has 0 aliphatic heterocycles. The van der Waals surface area contributed by atoms with Crippen molar-refractivity contribution in [2.45, 2.75) is 0 Å². The van der Waals surface area contributed by atoms with Crippen LogP contribution in [0.3, 0.4) is 0 Å². The zero-order chi connectivity index (χ0) is 17.7. The lowest BCUT2D eigenvalue weighted by molar-refractivity contribution is -0.114. The van der Waals surface area contributed by atoms with Gasteiger partial charge in [0.25, 0.3) is 0 Å². The Bertz CT molecular complexity index is 907. The molecule has 2 aromatic rings. The maximum absolute atomic E-state index is 13.3. The van der Waals surface area contributed by atoms with Gasteiger partial charge < -0.3 is 5.32 Å². The number of nitrogens with one attached hydrogen (secondary N) is 1. The Labute approximate surface area is 139 Å². The van der Waals surface area contributed by atoms with E-state index >= 15 is 0 Å². The topological polar surface area (TPSA) is 90.3 Å². The monoisotopic (exact) mass is 347 g/mol. The average molecular weight is 347 g/mol. The van der Waals surface area contributed by atoms with Crippen LogP contribution in [0.1, 0.15) is 5.56 Å². The molecule has 2 aromatic carbocycles. The van der Waals surface area contributed by atoms with E-state index in [0.29, 0.717) is 11.3 Å². The first-order valence-electron chi connectivity index (χ1n) is 6.83. The molecular weight excluding hydrogens is 333 g/mol. The van der Waals surface area contributed by atoms with Gasteiger partial charge in [0, 0.05) is 5.69 Å². The number of rotatable bonds is 5. The molecule has 24 heavy (non-hydrogen) atoms. The van der Waals surface area contributed by atoms with E-state index < -0.39 is 28.3 Å². The Morgan fingerprint density at radius 3 is 2.58 bits per heavy atom. The van der Waals surface area contributed by atoms with E-state index in [0.717, 1.165) is 16.6 Å². The first-order chi connectivity index (χ1) is 11.3. The fraction of sp³-hybridized carbons (Fsp3) is 0.125. The molecule has 0 aliphatic rings. The Morgan fingerprint density at radius 1 is 1.25 bits per heavy atom.